The molecule has 0 saturated carbocycles. The van der Waals surface area contributed by atoms with E-state index in [0.29, 0.717) is 0 Å². The molecule has 9 heteroatoms. The second kappa shape index (κ2) is 18.8. The first kappa shape index (κ1) is 46.0. The van der Waals surface area contributed by atoms with Crippen LogP contribution in [0, 0.1) is 0 Å². The molecule has 0 spiro atoms. The van der Waals surface area contributed by atoms with Crippen molar-refractivity contribution in [3.8, 4) is 89.7 Å². The summed E-state index contributed by atoms with van der Waals surface area (Å²) in [5.41, 5.74) is 22.6. The summed E-state index contributed by atoms with van der Waals surface area (Å²) in [5, 5.41) is 6.69. The molecule has 16 rings (SSSR count). The van der Waals surface area contributed by atoms with Gasteiger partial charge in [0.15, 0.2) is 0 Å². The maximum Gasteiger partial charge on any atom is 0.135 e. The van der Waals surface area contributed by atoms with Gasteiger partial charge in [0, 0.05) is 97.6 Å². The highest BCUT2D eigenvalue weighted by Gasteiger charge is 2.21. The van der Waals surface area contributed by atoms with Crippen LogP contribution in [-0.4, -0.2) is 39.0 Å². The molecule has 0 amide bonds. The number of hydrogen-bond donors (Lipinski definition) is 0. The van der Waals surface area contributed by atoms with Crippen LogP contribution in [0.5, 0.6) is 0 Å². The van der Waals surface area contributed by atoms with E-state index in [1.54, 1.807) is 37.2 Å². The summed E-state index contributed by atoms with van der Waals surface area (Å²) < 4.78 is 11.4. The van der Waals surface area contributed by atoms with Crippen LogP contribution in [-0.2, 0) is 0 Å². The Kier molecular flexibility index (Phi) is 10.7. The van der Waals surface area contributed by atoms with Crippen LogP contribution in [0.25, 0.3) is 155 Å². The minimum Gasteiger partial charge on any atom is -0.456 e. The molecule has 0 bridgehead atoms. The Morgan fingerprint density at radius 3 is 1.20 bits per heavy atom. The number of para-hydroxylation sites is 1. The summed E-state index contributed by atoms with van der Waals surface area (Å²) in [6, 6.07) is 76.5. The third-order valence-corrected chi connectivity index (χ3v) is 15.8. The Labute approximate surface area is 464 Å². The zero-order valence-corrected chi connectivity index (χ0v) is 43.4. The average molecular weight is 1040 g/mol. The highest BCUT2D eigenvalue weighted by Crippen LogP contribution is 2.43. The molecule has 0 fully saturated rings. The van der Waals surface area contributed by atoms with Gasteiger partial charge in [-0.2, -0.15) is 0 Å². The fourth-order valence-electron chi connectivity index (χ4n) is 12.1. The fraction of sp³-hybridized carbons (Fsp3) is 0. The molecule has 0 aliphatic heterocycles. The number of benzene rings is 10. The SMILES string of the molecule is c1ccc(-n2c3ccc(-c4ccc5oc6ccc(-n7c8ccc(-c9cccc(-c%10cnccn%10)c9)cc8c8cc(-c9ccccc9-c9cnccn9)ccc87)cc6c5c4)cc3c3cc(-c4ccccc4-c4cnccn4)ccc32)cc1. The van der Waals surface area contributed by atoms with Crippen molar-refractivity contribution in [1.29, 1.82) is 0 Å². The Hall–Kier alpha value is -11.2. The molecule has 6 heterocycles. The van der Waals surface area contributed by atoms with Crippen molar-refractivity contribution in [2.24, 2.45) is 0 Å². The van der Waals surface area contributed by atoms with E-state index in [-0.39, 0.29) is 0 Å². The molecular weight excluding hydrogens is 993 g/mol. The Morgan fingerprint density at radius 2 is 0.667 bits per heavy atom. The lowest BCUT2D eigenvalue weighted by molar-refractivity contribution is 0.669. The molecule has 9 nitrogen and oxygen atoms in total. The second-order valence-electron chi connectivity index (χ2n) is 20.4. The van der Waals surface area contributed by atoms with E-state index in [4.69, 9.17) is 9.40 Å². The molecule has 0 N–H and O–H groups in total. The van der Waals surface area contributed by atoms with Crippen LogP contribution >= 0.6 is 0 Å². The van der Waals surface area contributed by atoms with Crippen LogP contribution in [0.3, 0.4) is 0 Å². The molecule has 16 aromatic rings. The Morgan fingerprint density at radius 1 is 0.259 bits per heavy atom. The van der Waals surface area contributed by atoms with Gasteiger partial charge in [-0.15, -0.1) is 0 Å². The molecular formula is C72H44N8O. The lowest BCUT2D eigenvalue weighted by Gasteiger charge is -2.11. The van der Waals surface area contributed by atoms with Crippen LogP contribution < -0.4 is 0 Å². The van der Waals surface area contributed by atoms with Gasteiger partial charge in [0.05, 0.1) is 57.7 Å². The predicted molar refractivity (Wildman–Crippen MR) is 327 cm³/mol. The van der Waals surface area contributed by atoms with Crippen molar-refractivity contribution < 1.29 is 4.42 Å². The number of aromatic nitrogens is 8. The van der Waals surface area contributed by atoms with E-state index in [1.165, 1.54) is 0 Å². The second-order valence-corrected chi connectivity index (χ2v) is 20.4. The monoisotopic (exact) mass is 1040 g/mol. The number of nitrogens with zero attached hydrogens (tertiary/aromatic N) is 8. The van der Waals surface area contributed by atoms with Crippen molar-refractivity contribution in [2.75, 3.05) is 0 Å². The first-order valence-corrected chi connectivity index (χ1v) is 26.9. The van der Waals surface area contributed by atoms with Crippen molar-refractivity contribution in [3.63, 3.8) is 0 Å². The zero-order chi connectivity index (χ0) is 53.4. The highest BCUT2D eigenvalue weighted by molar-refractivity contribution is 6.15. The van der Waals surface area contributed by atoms with Gasteiger partial charge in [-0.25, -0.2) is 0 Å². The van der Waals surface area contributed by atoms with Crippen molar-refractivity contribution in [1.82, 2.24) is 39.0 Å². The summed E-state index contributed by atoms with van der Waals surface area (Å²) >= 11 is 0. The minimum atomic E-state index is 0.826. The lowest BCUT2D eigenvalue weighted by atomic mass is 9.96. The standard InChI is InChI=1S/C72H44N8O/c1-2-11-52(12-3-1)79-67-23-18-47(37-58(67)60-39-49(19-25-68(60)79)54-13-4-6-15-56(54)65-43-74-30-33-77-65)48-21-27-71-62(38-48)63-41-53(22-28-72(63)81-71)80-69-24-17-46(45-9-8-10-51(35-45)64-42-73-29-32-76-64)36-59(69)61-40-50(20-26-70(61)80)55-14-5-7-16-57(55)66-44-75-31-34-78-66/h1-44H. The summed E-state index contributed by atoms with van der Waals surface area (Å²) in [6.07, 6.45) is 15.8. The maximum absolute atomic E-state index is 6.65. The normalized spacial score (nSPS) is 11.7. The predicted octanol–water partition coefficient (Wildman–Crippen LogP) is 17.8. The summed E-state index contributed by atoms with van der Waals surface area (Å²) in [5.74, 6) is 0. The molecule has 0 atom stereocenters. The van der Waals surface area contributed by atoms with E-state index >= 15 is 0 Å². The maximum atomic E-state index is 6.65. The average Bonchev–Trinajstić information content (AvgIpc) is 4.37. The van der Waals surface area contributed by atoms with Gasteiger partial charge in [-0.1, -0.05) is 115 Å². The van der Waals surface area contributed by atoms with Gasteiger partial charge in [-0.05, 0) is 142 Å². The largest absolute Gasteiger partial charge is 0.456 e. The quantitative estimate of drug-likeness (QED) is 0.142. The molecule has 81 heavy (non-hydrogen) atoms. The third kappa shape index (κ3) is 7.78. The Bertz CT molecular complexity index is 5110. The molecule has 0 aliphatic carbocycles. The molecule has 378 valence electrons. The topological polar surface area (TPSA) is 100 Å². The fourth-order valence-corrected chi connectivity index (χ4v) is 12.1. The summed E-state index contributed by atoms with van der Waals surface area (Å²) in [7, 11) is 0. The minimum absolute atomic E-state index is 0.826. The van der Waals surface area contributed by atoms with Crippen LogP contribution in [0.1, 0.15) is 0 Å². The van der Waals surface area contributed by atoms with Crippen molar-refractivity contribution >= 4 is 65.6 Å². The van der Waals surface area contributed by atoms with Gasteiger partial charge in [0.2, 0.25) is 0 Å². The van der Waals surface area contributed by atoms with Gasteiger partial charge < -0.3 is 13.6 Å². The molecule has 0 radical (unpaired) electrons. The first-order chi connectivity index (χ1) is 40.1. The van der Waals surface area contributed by atoms with Gasteiger partial charge in [0.1, 0.15) is 11.2 Å². The zero-order valence-electron chi connectivity index (χ0n) is 43.4. The third-order valence-electron chi connectivity index (χ3n) is 15.8. The van der Waals surface area contributed by atoms with Crippen molar-refractivity contribution in [2.45, 2.75) is 0 Å². The smallest absolute Gasteiger partial charge is 0.135 e. The first-order valence-electron chi connectivity index (χ1n) is 26.9. The van der Waals surface area contributed by atoms with E-state index in [2.05, 4.69) is 246 Å². The molecule has 10 aromatic carbocycles. The van der Waals surface area contributed by atoms with Crippen LogP contribution in [0.2, 0.25) is 0 Å². The van der Waals surface area contributed by atoms with Gasteiger partial charge >= 0.3 is 0 Å². The van der Waals surface area contributed by atoms with Crippen LogP contribution in [0.4, 0.5) is 0 Å². The van der Waals surface area contributed by atoms with E-state index in [9.17, 15) is 0 Å². The number of fused-ring (bicyclic) bond motifs is 9. The highest BCUT2D eigenvalue weighted by atomic mass is 16.3. The van der Waals surface area contributed by atoms with E-state index in [1.807, 2.05) is 18.6 Å². The number of hydrogen-bond acceptors (Lipinski definition) is 7. The number of rotatable bonds is 9. The summed E-state index contributed by atoms with van der Waals surface area (Å²) in [6.45, 7) is 0. The molecule has 0 saturated heterocycles. The van der Waals surface area contributed by atoms with E-state index in [0.717, 1.165) is 155 Å². The summed E-state index contributed by atoms with van der Waals surface area (Å²) in [4.78, 5) is 27.1. The molecule has 6 aromatic heterocycles. The Balaban J connectivity index is 0.846. The van der Waals surface area contributed by atoms with E-state index < -0.39 is 0 Å². The van der Waals surface area contributed by atoms with Gasteiger partial charge in [0.25, 0.3) is 0 Å². The van der Waals surface area contributed by atoms with Gasteiger partial charge in [-0.3, -0.25) is 29.9 Å². The number of furan rings is 1. The van der Waals surface area contributed by atoms with Crippen molar-refractivity contribution in [3.05, 3.63) is 268 Å². The van der Waals surface area contributed by atoms with Crippen LogP contribution in [0.15, 0.2) is 273 Å². The lowest BCUT2D eigenvalue weighted by Crippen LogP contribution is -1.94. The molecule has 0 aliphatic rings. The molecule has 0 unspecified atom stereocenters.